The first-order chi connectivity index (χ1) is 11.7. The summed E-state index contributed by atoms with van der Waals surface area (Å²) in [6, 6.07) is 3.30. The van der Waals surface area contributed by atoms with E-state index < -0.39 is 39.5 Å². The summed E-state index contributed by atoms with van der Waals surface area (Å²) in [5.41, 5.74) is -1.25. The van der Waals surface area contributed by atoms with E-state index >= 15 is 0 Å². The molecule has 0 spiro atoms. The maximum absolute atomic E-state index is 14.2. The van der Waals surface area contributed by atoms with Crippen molar-refractivity contribution in [2.24, 2.45) is 0 Å². The Morgan fingerprint density at radius 3 is 2.44 bits per heavy atom. The maximum Gasteiger partial charge on any atom is 0.281 e. The van der Waals surface area contributed by atoms with Gasteiger partial charge in [0.25, 0.3) is 22.5 Å². The van der Waals surface area contributed by atoms with Crippen LogP contribution in [0.25, 0.3) is 0 Å². The van der Waals surface area contributed by atoms with E-state index in [2.05, 4.69) is 0 Å². The molecule has 1 saturated heterocycles. The van der Waals surface area contributed by atoms with Crippen LogP contribution in [0.5, 0.6) is 0 Å². The van der Waals surface area contributed by atoms with Gasteiger partial charge in [-0.3, -0.25) is 4.79 Å². The van der Waals surface area contributed by atoms with Crippen LogP contribution < -0.4 is 0 Å². The van der Waals surface area contributed by atoms with Crippen molar-refractivity contribution in [1.29, 1.82) is 0 Å². The molecule has 0 aromatic heterocycles. The molecular formula is C15H20F3N3O3S. The highest BCUT2D eigenvalue weighted by Gasteiger charge is 2.30. The van der Waals surface area contributed by atoms with Crippen LogP contribution in [0, 0.1) is 5.82 Å². The monoisotopic (exact) mass is 379 g/mol. The Kier molecular flexibility index (Phi) is 6.07. The predicted octanol–water partition coefficient (Wildman–Crippen LogP) is 1.72. The summed E-state index contributed by atoms with van der Waals surface area (Å²) < 4.78 is 66.4. The molecule has 1 aromatic carbocycles. The van der Waals surface area contributed by atoms with E-state index in [4.69, 9.17) is 0 Å². The van der Waals surface area contributed by atoms with Gasteiger partial charge in [-0.15, -0.1) is 0 Å². The average Bonchev–Trinajstić information content (AvgIpc) is 2.80. The van der Waals surface area contributed by atoms with Gasteiger partial charge < -0.3 is 4.90 Å². The third-order valence-electron chi connectivity index (χ3n) is 4.02. The number of carbonyl (C=O) groups is 1. The molecule has 0 atom stereocenters. The molecular weight excluding hydrogens is 359 g/mol. The van der Waals surface area contributed by atoms with Crippen molar-refractivity contribution in [1.82, 2.24) is 13.5 Å². The quantitative estimate of drug-likeness (QED) is 0.800. The minimum atomic E-state index is -3.61. The van der Waals surface area contributed by atoms with E-state index in [0.29, 0.717) is 6.42 Å². The number of hydrogen-bond acceptors (Lipinski definition) is 3. The largest absolute Gasteiger partial charge is 0.337 e. The molecule has 1 amide bonds. The molecule has 1 aliphatic rings. The zero-order valence-electron chi connectivity index (χ0n) is 14.0. The van der Waals surface area contributed by atoms with Crippen molar-refractivity contribution in [2.75, 3.05) is 40.3 Å². The van der Waals surface area contributed by atoms with Gasteiger partial charge >= 0.3 is 0 Å². The van der Waals surface area contributed by atoms with Crippen molar-refractivity contribution < 1.29 is 26.4 Å². The van der Waals surface area contributed by atoms with E-state index in [1.54, 1.807) is 0 Å². The SMILES string of the molecule is CN(C)S(=O)(=O)N1CCCN(C(=O)c2cccc(C(F)F)c2F)CC1. The molecule has 0 saturated carbocycles. The Morgan fingerprint density at radius 1 is 1.16 bits per heavy atom. The van der Waals surface area contributed by atoms with Crippen LogP contribution in [0.2, 0.25) is 0 Å². The van der Waals surface area contributed by atoms with Crippen molar-refractivity contribution in [2.45, 2.75) is 12.8 Å². The fraction of sp³-hybridized carbons (Fsp3) is 0.533. The molecule has 1 heterocycles. The lowest BCUT2D eigenvalue weighted by Gasteiger charge is -2.24. The van der Waals surface area contributed by atoms with E-state index in [9.17, 15) is 26.4 Å². The summed E-state index contributed by atoms with van der Waals surface area (Å²) in [7, 11) is -0.786. The Morgan fingerprint density at radius 2 is 1.84 bits per heavy atom. The Hall–Kier alpha value is -1.65. The fourth-order valence-electron chi connectivity index (χ4n) is 2.61. The first-order valence-corrected chi connectivity index (χ1v) is 9.09. The van der Waals surface area contributed by atoms with Crippen molar-refractivity contribution in [3.8, 4) is 0 Å². The number of nitrogens with zero attached hydrogens (tertiary/aromatic N) is 3. The molecule has 0 bridgehead atoms. The number of alkyl halides is 2. The lowest BCUT2D eigenvalue weighted by molar-refractivity contribution is 0.0758. The zero-order chi connectivity index (χ0) is 18.8. The predicted molar refractivity (Wildman–Crippen MR) is 86.1 cm³/mol. The van der Waals surface area contributed by atoms with Crippen LogP contribution in [0.3, 0.4) is 0 Å². The summed E-state index contributed by atoms with van der Waals surface area (Å²) in [5.74, 6) is -1.95. The molecule has 140 valence electrons. The van der Waals surface area contributed by atoms with Crippen LogP contribution in [0.15, 0.2) is 18.2 Å². The first-order valence-electron chi connectivity index (χ1n) is 7.69. The number of benzene rings is 1. The van der Waals surface area contributed by atoms with E-state index in [-0.39, 0.29) is 26.2 Å². The molecule has 1 aliphatic heterocycles. The molecule has 1 aromatic rings. The topological polar surface area (TPSA) is 60.9 Å². The van der Waals surface area contributed by atoms with Crippen LogP contribution >= 0.6 is 0 Å². The normalized spacial score (nSPS) is 17.2. The van der Waals surface area contributed by atoms with Crippen LogP contribution in [0.4, 0.5) is 13.2 Å². The molecule has 2 rings (SSSR count). The molecule has 10 heteroatoms. The minimum Gasteiger partial charge on any atom is -0.337 e. The summed E-state index contributed by atoms with van der Waals surface area (Å²) in [5, 5.41) is 0. The third-order valence-corrected chi connectivity index (χ3v) is 5.96. The molecule has 0 unspecified atom stereocenters. The van der Waals surface area contributed by atoms with Crippen molar-refractivity contribution in [3.05, 3.63) is 35.1 Å². The summed E-state index contributed by atoms with van der Waals surface area (Å²) in [4.78, 5) is 13.8. The molecule has 0 radical (unpaired) electrons. The Labute approximate surface area is 145 Å². The maximum atomic E-state index is 14.2. The van der Waals surface area contributed by atoms with Gasteiger partial charge in [-0.2, -0.15) is 17.0 Å². The molecule has 0 aliphatic carbocycles. The second-order valence-electron chi connectivity index (χ2n) is 5.84. The number of amides is 1. The zero-order valence-corrected chi connectivity index (χ0v) is 14.8. The van der Waals surface area contributed by atoms with Crippen molar-refractivity contribution in [3.63, 3.8) is 0 Å². The van der Waals surface area contributed by atoms with Gasteiger partial charge in [0.2, 0.25) is 0 Å². The number of carbonyl (C=O) groups excluding carboxylic acids is 1. The van der Waals surface area contributed by atoms with Gasteiger partial charge in [0.05, 0.1) is 11.1 Å². The number of halogens is 3. The van der Waals surface area contributed by atoms with E-state index in [1.807, 2.05) is 0 Å². The highest BCUT2D eigenvalue weighted by atomic mass is 32.2. The number of rotatable bonds is 4. The fourth-order valence-corrected chi connectivity index (χ4v) is 3.75. The lowest BCUT2D eigenvalue weighted by Crippen LogP contribution is -2.42. The molecule has 0 N–H and O–H groups in total. The highest BCUT2D eigenvalue weighted by Crippen LogP contribution is 2.25. The second-order valence-corrected chi connectivity index (χ2v) is 7.99. The minimum absolute atomic E-state index is 0.0579. The lowest BCUT2D eigenvalue weighted by atomic mass is 10.1. The van der Waals surface area contributed by atoms with Crippen LogP contribution in [-0.4, -0.2) is 68.1 Å². The van der Waals surface area contributed by atoms with Crippen LogP contribution in [-0.2, 0) is 10.2 Å². The summed E-state index contributed by atoms with van der Waals surface area (Å²) in [6.45, 7) is 0.563. The van der Waals surface area contributed by atoms with Crippen molar-refractivity contribution >= 4 is 16.1 Å². The molecule has 6 nitrogen and oxygen atoms in total. The van der Waals surface area contributed by atoms with Gasteiger partial charge in [0.1, 0.15) is 5.82 Å². The third kappa shape index (κ3) is 4.13. The smallest absolute Gasteiger partial charge is 0.281 e. The van der Waals surface area contributed by atoms with Crippen LogP contribution in [0.1, 0.15) is 28.8 Å². The van der Waals surface area contributed by atoms with E-state index in [1.165, 1.54) is 29.4 Å². The van der Waals surface area contributed by atoms with E-state index in [0.717, 1.165) is 16.4 Å². The van der Waals surface area contributed by atoms with Gasteiger partial charge in [-0.25, -0.2) is 13.2 Å². The van der Waals surface area contributed by atoms with Gasteiger partial charge in [-0.1, -0.05) is 12.1 Å². The Balaban J connectivity index is 2.18. The molecule has 1 fully saturated rings. The average molecular weight is 379 g/mol. The standard InChI is InChI=1S/C15H20F3N3O3S/c1-19(2)25(23,24)21-8-4-7-20(9-10-21)15(22)12-6-3-5-11(13(12)16)14(17)18/h3,5-6,14H,4,7-10H2,1-2H3. The highest BCUT2D eigenvalue weighted by molar-refractivity contribution is 7.86. The summed E-state index contributed by atoms with van der Waals surface area (Å²) >= 11 is 0. The van der Waals surface area contributed by atoms with Gasteiger partial charge in [-0.05, 0) is 12.5 Å². The van der Waals surface area contributed by atoms with Gasteiger partial charge in [0.15, 0.2) is 0 Å². The molecule has 25 heavy (non-hydrogen) atoms. The Bertz CT molecular complexity index is 741. The first kappa shape index (κ1) is 19.7. The van der Waals surface area contributed by atoms with Gasteiger partial charge in [0, 0.05) is 40.3 Å². The number of hydrogen-bond donors (Lipinski definition) is 0. The second kappa shape index (κ2) is 7.71. The summed E-state index contributed by atoms with van der Waals surface area (Å²) in [6.07, 6.45) is -2.65.